The molecule has 0 bridgehead atoms. The minimum absolute atomic E-state index is 0.196. The zero-order valence-electron chi connectivity index (χ0n) is 18.5. The Morgan fingerprint density at radius 2 is 1.38 bits per heavy atom. The molecule has 5 aromatic rings. The third-order valence-electron chi connectivity index (χ3n) is 5.64. The number of carbonyl (C=O) groups excluding carboxylic acids is 2. The number of benzene rings is 4. The number of para-hydroxylation sites is 1. The number of anilines is 2. The predicted molar refractivity (Wildman–Crippen MR) is 135 cm³/mol. The van der Waals surface area contributed by atoms with Crippen LogP contribution in [0.2, 0.25) is 0 Å². The Labute approximate surface area is 197 Å². The Morgan fingerprint density at radius 3 is 2.12 bits per heavy atom. The number of hydrogen-bond donors (Lipinski definition) is 2. The van der Waals surface area contributed by atoms with Crippen LogP contribution in [0.15, 0.2) is 108 Å². The Balaban J connectivity index is 1.26. The van der Waals surface area contributed by atoms with Gasteiger partial charge in [-0.15, -0.1) is 0 Å². The summed E-state index contributed by atoms with van der Waals surface area (Å²) >= 11 is 0. The van der Waals surface area contributed by atoms with E-state index in [4.69, 9.17) is 4.42 Å². The maximum atomic E-state index is 12.7. The van der Waals surface area contributed by atoms with E-state index in [2.05, 4.69) is 10.6 Å². The maximum absolute atomic E-state index is 12.7. The topological polar surface area (TPSA) is 71.3 Å². The van der Waals surface area contributed by atoms with Gasteiger partial charge in [-0.3, -0.25) is 9.59 Å². The van der Waals surface area contributed by atoms with Gasteiger partial charge in [-0.25, -0.2) is 0 Å². The highest BCUT2D eigenvalue weighted by Gasteiger charge is 2.14. The molecule has 1 aromatic heterocycles. The van der Waals surface area contributed by atoms with Gasteiger partial charge in [0.1, 0.15) is 5.58 Å². The molecular formula is C29H22N2O3. The summed E-state index contributed by atoms with van der Waals surface area (Å²) in [6.45, 7) is 1.87. The van der Waals surface area contributed by atoms with E-state index in [1.165, 1.54) is 0 Å². The van der Waals surface area contributed by atoms with Crippen LogP contribution >= 0.6 is 0 Å². The van der Waals surface area contributed by atoms with Gasteiger partial charge >= 0.3 is 0 Å². The molecule has 166 valence electrons. The average molecular weight is 447 g/mol. The van der Waals surface area contributed by atoms with Gasteiger partial charge in [0.2, 0.25) is 0 Å². The molecule has 4 aromatic carbocycles. The third kappa shape index (κ3) is 4.45. The van der Waals surface area contributed by atoms with Crippen LogP contribution in [0.25, 0.3) is 22.1 Å². The van der Waals surface area contributed by atoms with Crippen molar-refractivity contribution in [2.75, 3.05) is 10.6 Å². The molecule has 2 amide bonds. The molecule has 2 N–H and O–H groups in total. The van der Waals surface area contributed by atoms with Crippen molar-refractivity contribution in [3.05, 3.63) is 120 Å². The number of rotatable bonds is 5. The van der Waals surface area contributed by atoms with Crippen molar-refractivity contribution < 1.29 is 14.0 Å². The van der Waals surface area contributed by atoms with Crippen LogP contribution < -0.4 is 10.6 Å². The summed E-state index contributed by atoms with van der Waals surface area (Å²) < 4.78 is 5.63. The van der Waals surface area contributed by atoms with Gasteiger partial charge in [0, 0.05) is 22.3 Å². The maximum Gasteiger partial charge on any atom is 0.291 e. The molecule has 0 aliphatic rings. The summed E-state index contributed by atoms with van der Waals surface area (Å²) in [6, 6.07) is 32.1. The number of furan rings is 1. The molecule has 0 saturated carbocycles. The second-order valence-electron chi connectivity index (χ2n) is 8.03. The normalized spacial score (nSPS) is 10.7. The summed E-state index contributed by atoms with van der Waals surface area (Å²) in [7, 11) is 0. The van der Waals surface area contributed by atoms with Gasteiger partial charge in [-0.2, -0.15) is 0 Å². The average Bonchev–Trinajstić information content (AvgIpc) is 3.31. The fourth-order valence-electron chi connectivity index (χ4n) is 3.81. The smallest absolute Gasteiger partial charge is 0.291 e. The first kappa shape index (κ1) is 21.2. The molecule has 5 heteroatoms. The zero-order chi connectivity index (χ0) is 23.5. The van der Waals surface area contributed by atoms with E-state index in [0.717, 1.165) is 22.1 Å². The first-order valence-corrected chi connectivity index (χ1v) is 10.9. The van der Waals surface area contributed by atoms with Gasteiger partial charge in [0.15, 0.2) is 5.76 Å². The lowest BCUT2D eigenvalue weighted by Crippen LogP contribution is -2.14. The van der Waals surface area contributed by atoms with Crippen LogP contribution in [-0.2, 0) is 0 Å². The summed E-state index contributed by atoms with van der Waals surface area (Å²) in [4.78, 5) is 25.4. The van der Waals surface area contributed by atoms with Crippen LogP contribution in [0, 0.1) is 6.92 Å². The molecule has 0 spiro atoms. The van der Waals surface area contributed by atoms with Gasteiger partial charge in [-0.05, 0) is 66.1 Å². The van der Waals surface area contributed by atoms with Gasteiger partial charge < -0.3 is 15.1 Å². The Bertz CT molecular complexity index is 1450. The minimum atomic E-state index is -0.324. The Hall–Kier alpha value is -4.64. The quantitative estimate of drug-likeness (QED) is 0.308. The summed E-state index contributed by atoms with van der Waals surface area (Å²) in [6.07, 6.45) is 0. The van der Waals surface area contributed by atoms with E-state index in [1.807, 2.05) is 91.9 Å². The molecule has 0 saturated heterocycles. The lowest BCUT2D eigenvalue weighted by Gasteiger charge is -2.11. The van der Waals surface area contributed by atoms with Crippen molar-refractivity contribution in [3.63, 3.8) is 0 Å². The van der Waals surface area contributed by atoms with Crippen molar-refractivity contribution in [2.45, 2.75) is 6.92 Å². The van der Waals surface area contributed by atoms with Crippen molar-refractivity contribution in [1.29, 1.82) is 0 Å². The molecule has 1 heterocycles. The van der Waals surface area contributed by atoms with E-state index in [9.17, 15) is 9.59 Å². The van der Waals surface area contributed by atoms with E-state index in [-0.39, 0.29) is 17.6 Å². The van der Waals surface area contributed by atoms with Crippen LogP contribution in [-0.4, -0.2) is 11.8 Å². The number of carbonyl (C=O) groups is 2. The molecule has 5 nitrogen and oxygen atoms in total. The number of hydrogen-bond acceptors (Lipinski definition) is 3. The number of nitrogens with one attached hydrogen (secondary N) is 2. The summed E-state index contributed by atoms with van der Waals surface area (Å²) in [5, 5.41) is 6.67. The summed E-state index contributed by atoms with van der Waals surface area (Å²) in [5.41, 5.74) is 5.51. The summed E-state index contributed by atoms with van der Waals surface area (Å²) in [5.74, 6) is -0.274. The van der Waals surface area contributed by atoms with Gasteiger partial charge in [0.25, 0.3) is 11.8 Å². The standard InChI is InChI=1S/C29H22N2O3/c1-19-17-24(30-28(32)22-13-11-21(12-14-22)20-7-3-2-4-8-20)15-16-25(19)31-29(33)27-18-23-9-5-6-10-26(23)34-27/h2-18H,1H3,(H,30,32)(H,31,33). The Morgan fingerprint density at radius 1 is 0.676 bits per heavy atom. The predicted octanol–water partition coefficient (Wildman–Crippen LogP) is 6.91. The van der Waals surface area contributed by atoms with Gasteiger partial charge in [-0.1, -0.05) is 60.7 Å². The minimum Gasteiger partial charge on any atom is -0.451 e. The first-order chi connectivity index (χ1) is 16.6. The van der Waals surface area contributed by atoms with Crippen molar-refractivity contribution >= 4 is 34.2 Å². The largest absolute Gasteiger partial charge is 0.451 e. The highest BCUT2D eigenvalue weighted by Crippen LogP contribution is 2.24. The molecular weight excluding hydrogens is 424 g/mol. The zero-order valence-corrected chi connectivity index (χ0v) is 18.5. The first-order valence-electron chi connectivity index (χ1n) is 10.9. The second-order valence-corrected chi connectivity index (χ2v) is 8.03. The van der Waals surface area contributed by atoms with Crippen molar-refractivity contribution in [3.8, 4) is 11.1 Å². The molecule has 0 fully saturated rings. The van der Waals surface area contributed by atoms with Crippen molar-refractivity contribution in [1.82, 2.24) is 0 Å². The number of amides is 2. The molecule has 0 unspecified atom stereocenters. The van der Waals surface area contributed by atoms with E-state index < -0.39 is 0 Å². The van der Waals surface area contributed by atoms with E-state index in [1.54, 1.807) is 18.2 Å². The van der Waals surface area contributed by atoms with Crippen LogP contribution in [0.4, 0.5) is 11.4 Å². The fourth-order valence-corrected chi connectivity index (χ4v) is 3.81. The van der Waals surface area contributed by atoms with E-state index >= 15 is 0 Å². The highest BCUT2D eigenvalue weighted by atomic mass is 16.3. The monoisotopic (exact) mass is 446 g/mol. The van der Waals surface area contributed by atoms with E-state index in [0.29, 0.717) is 22.5 Å². The molecule has 0 radical (unpaired) electrons. The molecule has 0 aliphatic heterocycles. The highest BCUT2D eigenvalue weighted by molar-refractivity contribution is 6.06. The lowest BCUT2D eigenvalue weighted by molar-refractivity contribution is 0.0996. The number of fused-ring (bicyclic) bond motifs is 1. The Kier molecular flexibility index (Phi) is 5.67. The number of aryl methyl sites for hydroxylation is 1. The second kappa shape index (κ2) is 9.08. The lowest BCUT2D eigenvalue weighted by atomic mass is 10.0. The molecule has 5 rings (SSSR count). The van der Waals surface area contributed by atoms with Gasteiger partial charge in [0.05, 0.1) is 0 Å². The SMILES string of the molecule is Cc1cc(NC(=O)c2ccc(-c3ccccc3)cc2)ccc1NC(=O)c1cc2ccccc2o1. The van der Waals surface area contributed by atoms with Crippen LogP contribution in [0.1, 0.15) is 26.5 Å². The van der Waals surface area contributed by atoms with Crippen LogP contribution in [0.3, 0.4) is 0 Å². The van der Waals surface area contributed by atoms with Crippen molar-refractivity contribution in [2.24, 2.45) is 0 Å². The molecule has 0 atom stereocenters. The molecule has 34 heavy (non-hydrogen) atoms. The molecule has 0 aliphatic carbocycles. The fraction of sp³-hybridized carbons (Fsp3) is 0.0345. The van der Waals surface area contributed by atoms with Crippen LogP contribution in [0.5, 0.6) is 0 Å². The third-order valence-corrected chi connectivity index (χ3v) is 5.64.